The van der Waals surface area contributed by atoms with Gasteiger partial charge in [-0.15, -0.1) is 0 Å². The van der Waals surface area contributed by atoms with Crippen LogP contribution in [0.3, 0.4) is 0 Å². The summed E-state index contributed by atoms with van der Waals surface area (Å²) in [6.07, 6.45) is 3.63. The SMILES string of the molecule is CCCOc1ccc(OC2CC(NCC)C2)cc1. The van der Waals surface area contributed by atoms with Crippen LogP contribution >= 0.6 is 0 Å². The van der Waals surface area contributed by atoms with E-state index in [-0.39, 0.29) is 0 Å². The maximum Gasteiger partial charge on any atom is 0.119 e. The molecule has 0 spiro atoms. The van der Waals surface area contributed by atoms with Crippen LogP contribution in [0.5, 0.6) is 11.5 Å². The first-order valence-corrected chi connectivity index (χ1v) is 6.94. The molecule has 1 aromatic carbocycles. The first kappa shape index (κ1) is 13.2. The topological polar surface area (TPSA) is 30.5 Å². The molecule has 0 heterocycles. The Morgan fingerprint density at radius 1 is 1.11 bits per heavy atom. The summed E-state index contributed by atoms with van der Waals surface area (Å²) < 4.78 is 11.4. The zero-order chi connectivity index (χ0) is 12.8. The van der Waals surface area contributed by atoms with Crippen molar-refractivity contribution in [2.24, 2.45) is 0 Å². The quantitative estimate of drug-likeness (QED) is 0.806. The molecular formula is C15H23NO2. The van der Waals surface area contributed by atoms with E-state index in [4.69, 9.17) is 9.47 Å². The van der Waals surface area contributed by atoms with Crippen LogP contribution in [-0.4, -0.2) is 25.3 Å². The van der Waals surface area contributed by atoms with E-state index in [1.165, 1.54) is 0 Å². The molecule has 0 aromatic heterocycles. The first-order chi connectivity index (χ1) is 8.81. The maximum absolute atomic E-state index is 5.89. The highest BCUT2D eigenvalue weighted by molar-refractivity contribution is 5.31. The normalized spacial score (nSPS) is 22.3. The van der Waals surface area contributed by atoms with Crippen LogP contribution in [-0.2, 0) is 0 Å². The van der Waals surface area contributed by atoms with Gasteiger partial charge in [-0.3, -0.25) is 0 Å². The average molecular weight is 249 g/mol. The molecule has 2 rings (SSSR count). The molecule has 100 valence electrons. The molecule has 1 fully saturated rings. The predicted molar refractivity (Wildman–Crippen MR) is 73.3 cm³/mol. The number of rotatable bonds is 7. The average Bonchev–Trinajstić information content (AvgIpc) is 2.35. The van der Waals surface area contributed by atoms with E-state index < -0.39 is 0 Å². The van der Waals surface area contributed by atoms with Gasteiger partial charge < -0.3 is 14.8 Å². The summed E-state index contributed by atoms with van der Waals surface area (Å²) in [6, 6.07) is 8.58. The number of benzene rings is 1. The summed E-state index contributed by atoms with van der Waals surface area (Å²) in [4.78, 5) is 0. The summed E-state index contributed by atoms with van der Waals surface area (Å²) in [7, 11) is 0. The second-order valence-electron chi connectivity index (χ2n) is 4.79. The Balaban J connectivity index is 1.74. The molecule has 18 heavy (non-hydrogen) atoms. The van der Waals surface area contributed by atoms with Gasteiger partial charge in [0.1, 0.15) is 17.6 Å². The van der Waals surface area contributed by atoms with Crippen molar-refractivity contribution in [2.75, 3.05) is 13.2 Å². The monoisotopic (exact) mass is 249 g/mol. The molecule has 0 bridgehead atoms. The fourth-order valence-electron chi connectivity index (χ4n) is 2.14. The molecule has 0 radical (unpaired) electrons. The second kappa shape index (κ2) is 6.64. The summed E-state index contributed by atoms with van der Waals surface area (Å²) >= 11 is 0. The summed E-state index contributed by atoms with van der Waals surface area (Å²) in [6.45, 7) is 6.06. The van der Waals surface area contributed by atoms with Crippen molar-refractivity contribution in [1.29, 1.82) is 0 Å². The van der Waals surface area contributed by atoms with Crippen LogP contribution in [0.15, 0.2) is 24.3 Å². The molecular weight excluding hydrogens is 226 g/mol. The zero-order valence-corrected chi connectivity index (χ0v) is 11.3. The minimum absolute atomic E-state index is 0.372. The van der Waals surface area contributed by atoms with Crippen molar-refractivity contribution in [2.45, 2.75) is 45.3 Å². The molecule has 1 aliphatic carbocycles. The third-order valence-corrected chi connectivity index (χ3v) is 3.19. The van der Waals surface area contributed by atoms with Crippen molar-refractivity contribution in [1.82, 2.24) is 5.32 Å². The smallest absolute Gasteiger partial charge is 0.119 e. The lowest BCUT2D eigenvalue weighted by atomic mass is 9.89. The zero-order valence-electron chi connectivity index (χ0n) is 11.3. The van der Waals surface area contributed by atoms with Crippen LogP contribution in [0, 0.1) is 0 Å². The van der Waals surface area contributed by atoms with Crippen LogP contribution in [0.25, 0.3) is 0 Å². The second-order valence-corrected chi connectivity index (χ2v) is 4.79. The molecule has 3 nitrogen and oxygen atoms in total. The fourth-order valence-corrected chi connectivity index (χ4v) is 2.14. The van der Waals surface area contributed by atoms with Crippen LogP contribution in [0.4, 0.5) is 0 Å². The van der Waals surface area contributed by atoms with Gasteiger partial charge in [0, 0.05) is 6.04 Å². The largest absolute Gasteiger partial charge is 0.494 e. The molecule has 0 aliphatic heterocycles. The van der Waals surface area contributed by atoms with E-state index >= 15 is 0 Å². The molecule has 1 N–H and O–H groups in total. The van der Waals surface area contributed by atoms with Gasteiger partial charge in [-0.1, -0.05) is 13.8 Å². The molecule has 3 heteroatoms. The van der Waals surface area contributed by atoms with Crippen LogP contribution in [0.1, 0.15) is 33.1 Å². The standard InChI is InChI=1S/C15H23NO2/c1-3-9-17-13-5-7-14(8-6-13)18-15-10-12(11-15)16-4-2/h5-8,12,15-16H,3-4,9-11H2,1-2H3. The lowest BCUT2D eigenvalue weighted by Gasteiger charge is -2.35. The molecule has 1 aromatic rings. The molecule has 0 amide bonds. The summed E-state index contributed by atoms with van der Waals surface area (Å²) in [5.41, 5.74) is 0. The Labute approximate surface area is 109 Å². The predicted octanol–water partition coefficient (Wildman–Crippen LogP) is 2.99. The van der Waals surface area contributed by atoms with Crippen LogP contribution in [0.2, 0.25) is 0 Å². The van der Waals surface area contributed by atoms with E-state index in [9.17, 15) is 0 Å². The molecule has 0 saturated heterocycles. The molecule has 1 aliphatic rings. The van der Waals surface area contributed by atoms with Crippen LogP contribution < -0.4 is 14.8 Å². The number of hydrogen-bond acceptors (Lipinski definition) is 3. The Hall–Kier alpha value is -1.22. The Morgan fingerprint density at radius 2 is 1.78 bits per heavy atom. The van der Waals surface area contributed by atoms with Gasteiger partial charge in [0.15, 0.2) is 0 Å². The Bertz CT molecular complexity index is 344. The van der Waals surface area contributed by atoms with Gasteiger partial charge in [-0.25, -0.2) is 0 Å². The minimum Gasteiger partial charge on any atom is -0.494 e. The number of nitrogens with one attached hydrogen (secondary N) is 1. The van der Waals surface area contributed by atoms with Crippen molar-refractivity contribution in [3.05, 3.63) is 24.3 Å². The maximum atomic E-state index is 5.89. The Kier molecular flexibility index (Phi) is 4.88. The van der Waals surface area contributed by atoms with Gasteiger partial charge in [0.2, 0.25) is 0 Å². The van der Waals surface area contributed by atoms with Crippen molar-refractivity contribution in [3.63, 3.8) is 0 Å². The van der Waals surface area contributed by atoms with Crippen molar-refractivity contribution in [3.8, 4) is 11.5 Å². The number of hydrogen-bond donors (Lipinski definition) is 1. The molecule has 1 saturated carbocycles. The van der Waals surface area contributed by atoms with Crippen molar-refractivity contribution >= 4 is 0 Å². The van der Waals surface area contributed by atoms with Gasteiger partial charge in [0.05, 0.1) is 6.61 Å². The van der Waals surface area contributed by atoms with Crippen molar-refractivity contribution < 1.29 is 9.47 Å². The van der Waals surface area contributed by atoms with Gasteiger partial charge in [-0.2, -0.15) is 0 Å². The van der Waals surface area contributed by atoms with E-state index in [0.29, 0.717) is 12.1 Å². The van der Waals surface area contributed by atoms with E-state index in [1.807, 2.05) is 24.3 Å². The van der Waals surface area contributed by atoms with Gasteiger partial charge in [0.25, 0.3) is 0 Å². The van der Waals surface area contributed by atoms with E-state index in [2.05, 4.69) is 19.2 Å². The highest BCUT2D eigenvalue weighted by atomic mass is 16.5. The summed E-state index contributed by atoms with van der Waals surface area (Å²) in [5, 5.41) is 3.43. The highest BCUT2D eigenvalue weighted by Crippen LogP contribution is 2.27. The third kappa shape index (κ3) is 3.64. The lowest BCUT2D eigenvalue weighted by Crippen LogP contribution is -2.46. The first-order valence-electron chi connectivity index (χ1n) is 6.94. The van der Waals surface area contributed by atoms with E-state index in [1.54, 1.807) is 0 Å². The molecule has 0 atom stereocenters. The van der Waals surface area contributed by atoms with Gasteiger partial charge >= 0.3 is 0 Å². The summed E-state index contributed by atoms with van der Waals surface area (Å²) in [5.74, 6) is 1.86. The highest BCUT2D eigenvalue weighted by Gasteiger charge is 2.29. The third-order valence-electron chi connectivity index (χ3n) is 3.19. The minimum atomic E-state index is 0.372. The number of ether oxygens (including phenoxy) is 2. The molecule has 0 unspecified atom stereocenters. The lowest BCUT2D eigenvalue weighted by molar-refractivity contribution is 0.0859. The Morgan fingerprint density at radius 3 is 2.39 bits per heavy atom. The van der Waals surface area contributed by atoms with E-state index in [0.717, 1.165) is 43.9 Å². The van der Waals surface area contributed by atoms with Gasteiger partial charge in [-0.05, 0) is 50.1 Å². The fraction of sp³-hybridized carbons (Fsp3) is 0.600.